The Bertz CT molecular complexity index is 712. The average Bonchev–Trinajstić information content (AvgIpc) is 2.69. The summed E-state index contributed by atoms with van der Waals surface area (Å²) in [5, 5.41) is 3.74. The van der Waals surface area contributed by atoms with Crippen molar-refractivity contribution in [3.63, 3.8) is 0 Å². The molecule has 1 aliphatic heterocycles. The van der Waals surface area contributed by atoms with Gasteiger partial charge in [-0.05, 0) is 56.4 Å². The lowest BCUT2D eigenvalue weighted by molar-refractivity contribution is -0.137. The molecule has 3 rings (SSSR count). The van der Waals surface area contributed by atoms with Gasteiger partial charge in [0.2, 0.25) is 0 Å². The Kier molecular flexibility index (Phi) is 8.10. The fourth-order valence-corrected chi connectivity index (χ4v) is 4.84. The molecule has 1 saturated carbocycles. The number of hydrogen-bond donors (Lipinski definition) is 1. The van der Waals surface area contributed by atoms with Crippen LogP contribution in [0, 0.1) is 5.92 Å². The average molecular weight is 446 g/mol. The van der Waals surface area contributed by atoms with Crippen LogP contribution in [0.3, 0.4) is 0 Å². The second-order valence-electron chi connectivity index (χ2n) is 8.09. The zero-order valence-electron chi connectivity index (χ0n) is 17.5. The minimum absolute atomic E-state index is 0.00954. The summed E-state index contributed by atoms with van der Waals surface area (Å²) in [7, 11) is 1.30. The van der Waals surface area contributed by atoms with Crippen molar-refractivity contribution in [2.24, 2.45) is 5.92 Å². The number of methoxy groups -OCH3 is 1. The molecule has 0 radical (unpaired) electrons. The molecule has 8 heteroatoms. The number of carbonyl (C=O) groups excluding carboxylic acids is 1. The van der Waals surface area contributed by atoms with Gasteiger partial charge in [0.15, 0.2) is 5.78 Å². The third kappa shape index (κ3) is 5.71. The first-order valence-electron chi connectivity index (χ1n) is 10.5. The molecule has 0 spiro atoms. The van der Waals surface area contributed by atoms with E-state index in [-0.39, 0.29) is 23.5 Å². The highest BCUT2D eigenvalue weighted by Crippen LogP contribution is 2.39. The molecule has 2 fully saturated rings. The van der Waals surface area contributed by atoms with Gasteiger partial charge in [0, 0.05) is 30.0 Å². The van der Waals surface area contributed by atoms with Crippen molar-refractivity contribution in [1.82, 2.24) is 5.32 Å². The molecule has 1 aromatic rings. The molecule has 0 amide bonds. The summed E-state index contributed by atoms with van der Waals surface area (Å²) in [6.07, 6.45) is 3.72. The summed E-state index contributed by atoms with van der Waals surface area (Å²) in [4.78, 5) is 13.2. The first-order chi connectivity index (χ1) is 14.3. The van der Waals surface area contributed by atoms with Crippen LogP contribution in [-0.2, 0) is 10.9 Å². The minimum Gasteiger partial charge on any atom is -0.496 e. The summed E-state index contributed by atoms with van der Waals surface area (Å²) in [5.41, 5.74) is -0.549. The van der Waals surface area contributed by atoms with Crippen LogP contribution in [0.2, 0.25) is 0 Å². The van der Waals surface area contributed by atoms with Crippen LogP contribution in [0.25, 0.3) is 0 Å². The van der Waals surface area contributed by atoms with E-state index in [0.29, 0.717) is 35.9 Å². The summed E-state index contributed by atoms with van der Waals surface area (Å²) < 4.78 is 50.3. The lowest BCUT2D eigenvalue weighted by Gasteiger charge is -2.38. The van der Waals surface area contributed by atoms with Gasteiger partial charge in [0.05, 0.1) is 24.8 Å². The molecule has 1 N–H and O–H groups in total. The maximum absolute atomic E-state index is 13.2. The van der Waals surface area contributed by atoms with Crippen molar-refractivity contribution < 1.29 is 27.4 Å². The molecule has 1 heterocycles. The van der Waals surface area contributed by atoms with E-state index in [1.165, 1.54) is 26.4 Å². The van der Waals surface area contributed by atoms with Crippen LogP contribution in [0.15, 0.2) is 17.0 Å². The van der Waals surface area contributed by atoms with Gasteiger partial charge in [-0.25, -0.2) is 0 Å². The molecule has 168 valence electrons. The number of ether oxygens (including phenoxy) is 2. The number of benzene rings is 1. The molecule has 30 heavy (non-hydrogen) atoms. The minimum atomic E-state index is -4.48. The Labute approximate surface area is 180 Å². The van der Waals surface area contributed by atoms with Crippen molar-refractivity contribution in [1.29, 1.82) is 0 Å². The first-order valence-corrected chi connectivity index (χ1v) is 11.8. The zero-order chi connectivity index (χ0) is 21.7. The van der Waals surface area contributed by atoms with Crippen LogP contribution in [0.4, 0.5) is 13.2 Å². The number of nitrogens with one attached hydrogen (secondary N) is 1. The fraction of sp³-hybridized carbons (Fsp3) is 0.682. The Morgan fingerprint density at radius 1 is 1.30 bits per heavy atom. The van der Waals surface area contributed by atoms with Crippen LogP contribution in [0.5, 0.6) is 5.75 Å². The number of Topliss-reactive ketones (excluding diaryl/α,β-unsaturated/α-hetero) is 1. The van der Waals surface area contributed by atoms with Crippen molar-refractivity contribution in [2.75, 3.05) is 26.6 Å². The van der Waals surface area contributed by atoms with Gasteiger partial charge in [0.25, 0.3) is 0 Å². The van der Waals surface area contributed by atoms with E-state index >= 15 is 0 Å². The van der Waals surface area contributed by atoms with Crippen LogP contribution >= 0.6 is 11.8 Å². The van der Waals surface area contributed by atoms with E-state index in [2.05, 4.69) is 5.32 Å². The van der Waals surface area contributed by atoms with E-state index in [0.717, 1.165) is 43.3 Å². The summed E-state index contributed by atoms with van der Waals surface area (Å²) in [6, 6.07) is 2.98. The molecule has 0 aromatic heterocycles. The van der Waals surface area contributed by atoms with E-state index in [1.54, 1.807) is 6.26 Å². The fourth-order valence-electron chi connectivity index (χ4n) is 4.18. The molecule has 1 aromatic carbocycles. The SMILES string of the molecule is COc1cc(C(F)(F)F)cc(SC)c1C(=O)CCCC1COCC[C@H]1NC1CCC1. The maximum Gasteiger partial charge on any atom is 0.416 e. The number of rotatable bonds is 9. The van der Waals surface area contributed by atoms with Gasteiger partial charge in [-0.1, -0.05) is 6.42 Å². The van der Waals surface area contributed by atoms with Gasteiger partial charge in [-0.15, -0.1) is 11.8 Å². The lowest BCUT2D eigenvalue weighted by atomic mass is 9.86. The smallest absolute Gasteiger partial charge is 0.416 e. The van der Waals surface area contributed by atoms with E-state index in [9.17, 15) is 18.0 Å². The molecule has 2 atom stereocenters. The molecule has 1 saturated heterocycles. The number of alkyl halides is 3. The number of halogens is 3. The highest BCUT2D eigenvalue weighted by atomic mass is 32.2. The molecule has 1 unspecified atom stereocenters. The predicted molar refractivity (Wildman–Crippen MR) is 111 cm³/mol. The molecule has 0 bridgehead atoms. The van der Waals surface area contributed by atoms with Crippen molar-refractivity contribution in [3.05, 3.63) is 23.3 Å². The Morgan fingerprint density at radius 3 is 2.67 bits per heavy atom. The Morgan fingerprint density at radius 2 is 2.07 bits per heavy atom. The Balaban J connectivity index is 1.63. The van der Waals surface area contributed by atoms with Gasteiger partial charge < -0.3 is 14.8 Å². The van der Waals surface area contributed by atoms with Gasteiger partial charge in [-0.2, -0.15) is 13.2 Å². The zero-order valence-corrected chi connectivity index (χ0v) is 18.3. The lowest BCUT2D eigenvalue weighted by Crippen LogP contribution is -2.49. The maximum atomic E-state index is 13.2. The molecular weight excluding hydrogens is 415 g/mol. The normalized spacial score (nSPS) is 22.6. The van der Waals surface area contributed by atoms with Crippen LogP contribution in [-0.4, -0.2) is 44.4 Å². The first kappa shape index (κ1) is 23.4. The van der Waals surface area contributed by atoms with Crippen LogP contribution < -0.4 is 10.1 Å². The third-order valence-corrected chi connectivity index (χ3v) is 6.88. The quantitative estimate of drug-likeness (QED) is 0.411. The molecular formula is C22H30F3NO3S. The summed E-state index contributed by atoms with van der Waals surface area (Å²) in [5.74, 6) is 0.177. The number of thioether (sulfide) groups is 1. The van der Waals surface area contributed by atoms with E-state index in [4.69, 9.17) is 9.47 Å². The topological polar surface area (TPSA) is 47.6 Å². The number of hydrogen-bond acceptors (Lipinski definition) is 5. The molecule has 4 nitrogen and oxygen atoms in total. The highest BCUT2D eigenvalue weighted by Gasteiger charge is 2.34. The standard InChI is InChI=1S/C22H30F3NO3S/c1-28-19-11-15(22(23,24)25)12-20(30-2)21(19)18(27)8-3-5-14-13-29-10-9-17(14)26-16-6-4-7-16/h11-12,14,16-17,26H,3-10,13H2,1-2H3/t14?,17-/m1/s1. The van der Waals surface area contributed by atoms with Crippen molar-refractivity contribution in [3.8, 4) is 5.75 Å². The van der Waals surface area contributed by atoms with Gasteiger partial charge in [-0.3, -0.25) is 4.79 Å². The highest BCUT2D eigenvalue weighted by molar-refractivity contribution is 7.98. The monoisotopic (exact) mass is 445 g/mol. The van der Waals surface area contributed by atoms with E-state index in [1.807, 2.05) is 0 Å². The molecule has 1 aliphatic carbocycles. The molecule has 2 aliphatic rings. The third-order valence-electron chi connectivity index (χ3n) is 6.12. The van der Waals surface area contributed by atoms with Crippen molar-refractivity contribution >= 4 is 17.5 Å². The predicted octanol–water partition coefficient (Wildman–Crippen LogP) is 5.34. The summed E-state index contributed by atoms with van der Waals surface area (Å²) in [6.45, 7) is 1.46. The number of ketones is 1. The summed E-state index contributed by atoms with van der Waals surface area (Å²) >= 11 is 1.13. The Hall–Kier alpha value is -1.25. The second kappa shape index (κ2) is 10.4. The number of carbonyl (C=O) groups is 1. The van der Waals surface area contributed by atoms with Crippen molar-refractivity contribution in [2.45, 2.75) is 68.1 Å². The van der Waals surface area contributed by atoms with Gasteiger partial charge in [0.1, 0.15) is 5.75 Å². The van der Waals surface area contributed by atoms with E-state index < -0.39 is 11.7 Å². The van der Waals surface area contributed by atoms with Gasteiger partial charge >= 0.3 is 6.18 Å². The van der Waals surface area contributed by atoms with Crippen LogP contribution in [0.1, 0.15) is 60.9 Å². The second-order valence-corrected chi connectivity index (χ2v) is 8.94. The largest absolute Gasteiger partial charge is 0.496 e.